The average molecular weight is 377 g/mol. The smallest absolute Gasteiger partial charge is 0.347 e. The van der Waals surface area contributed by atoms with Crippen LogP contribution in [0, 0.1) is 38.8 Å². The maximum atomic E-state index is 14.1. The van der Waals surface area contributed by atoms with Gasteiger partial charge in [-0.2, -0.15) is 13.2 Å². The molecule has 12 heteroatoms. The first-order chi connectivity index (χ1) is 11.9. The van der Waals surface area contributed by atoms with Gasteiger partial charge in [0.25, 0.3) is 11.4 Å². The Labute approximate surface area is 141 Å². The zero-order chi connectivity index (χ0) is 19.8. The molecule has 0 aliphatic heterocycles. The van der Waals surface area contributed by atoms with Crippen LogP contribution in [0.2, 0.25) is 0 Å². The van der Waals surface area contributed by atoms with Gasteiger partial charge < -0.3 is 5.32 Å². The molecule has 0 atom stereocenters. The van der Waals surface area contributed by atoms with Gasteiger partial charge in [-0.15, -0.1) is 0 Å². The van der Waals surface area contributed by atoms with Gasteiger partial charge in [-0.05, 0) is 19.1 Å². The molecule has 2 aromatic carbocycles. The van der Waals surface area contributed by atoms with Crippen LogP contribution in [0.1, 0.15) is 11.1 Å². The highest BCUT2D eigenvalue weighted by molar-refractivity contribution is 5.76. The van der Waals surface area contributed by atoms with Crippen molar-refractivity contribution >= 4 is 22.7 Å². The summed E-state index contributed by atoms with van der Waals surface area (Å²) in [5.41, 5.74) is -6.56. The molecule has 7 nitrogen and oxygen atoms in total. The topological polar surface area (TPSA) is 98.3 Å². The average Bonchev–Trinajstić information content (AvgIpc) is 2.53. The first-order valence-corrected chi connectivity index (χ1v) is 6.69. The molecule has 0 heterocycles. The van der Waals surface area contributed by atoms with Gasteiger partial charge >= 0.3 is 6.18 Å². The second-order valence-electron chi connectivity index (χ2n) is 5.06. The Balaban J connectivity index is 2.76. The van der Waals surface area contributed by atoms with Crippen LogP contribution in [0.25, 0.3) is 0 Å². The minimum absolute atomic E-state index is 0.0869. The van der Waals surface area contributed by atoms with Crippen molar-refractivity contribution < 1.29 is 31.8 Å². The third-order valence-electron chi connectivity index (χ3n) is 3.40. The zero-order valence-corrected chi connectivity index (χ0v) is 12.7. The van der Waals surface area contributed by atoms with E-state index in [4.69, 9.17) is 0 Å². The molecule has 2 rings (SSSR count). The molecule has 0 amide bonds. The fourth-order valence-electron chi connectivity index (χ4n) is 2.11. The Morgan fingerprint density at radius 1 is 1.04 bits per heavy atom. The highest BCUT2D eigenvalue weighted by Gasteiger charge is 2.40. The van der Waals surface area contributed by atoms with Crippen molar-refractivity contribution in [2.45, 2.75) is 13.1 Å². The summed E-state index contributed by atoms with van der Waals surface area (Å²) in [6.07, 6.45) is -5.22. The summed E-state index contributed by atoms with van der Waals surface area (Å²) in [5, 5.41) is 23.8. The van der Waals surface area contributed by atoms with Gasteiger partial charge in [0.1, 0.15) is 11.5 Å². The number of nitrogens with zero attached hydrogens (tertiary/aromatic N) is 2. The van der Waals surface area contributed by atoms with Gasteiger partial charge in [0.15, 0.2) is 5.82 Å². The lowest BCUT2D eigenvalue weighted by Gasteiger charge is -2.16. The summed E-state index contributed by atoms with van der Waals surface area (Å²) in [6.45, 7) is 1.02. The van der Waals surface area contributed by atoms with Gasteiger partial charge in [-0.25, -0.2) is 8.78 Å². The van der Waals surface area contributed by atoms with E-state index in [1.807, 2.05) is 5.32 Å². The lowest BCUT2D eigenvalue weighted by atomic mass is 10.1. The van der Waals surface area contributed by atoms with E-state index in [-0.39, 0.29) is 6.07 Å². The number of nitro groups is 2. The summed E-state index contributed by atoms with van der Waals surface area (Å²) < 4.78 is 67.1. The van der Waals surface area contributed by atoms with Crippen molar-refractivity contribution in [2.75, 3.05) is 5.32 Å². The summed E-state index contributed by atoms with van der Waals surface area (Å²) in [6, 6.07) is 1.91. The molecule has 0 saturated heterocycles. The maximum Gasteiger partial charge on any atom is 0.418 e. The number of hydrogen-bond donors (Lipinski definition) is 1. The number of alkyl halides is 3. The minimum Gasteiger partial charge on any atom is -0.347 e. The SMILES string of the molecule is Cc1c(F)ccc(Nc2c([N+](=O)[O-])cc([N+](=O)[O-])cc2C(F)(F)F)c1F. The molecule has 138 valence electrons. The second-order valence-corrected chi connectivity index (χ2v) is 5.06. The van der Waals surface area contributed by atoms with Gasteiger partial charge in [0.2, 0.25) is 0 Å². The van der Waals surface area contributed by atoms with Crippen LogP contribution in [-0.4, -0.2) is 9.85 Å². The van der Waals surface area contributed by atoms with E-state index < -0.39 is 61.5 Å². The standard InChI is InChI=1S/C14H8F5N3O4/c1-6-9(15)2-3-10(12(6)16)20-13-8(14(17,18)19)4-7(21(23)24)5-11(13)22(25)26/h2-5,20H,1H3. The molecule has 2 aromatic rings. The number of nitro benzene ring substituents is 2. The van der Waals surface area contributed by atoms with Crippen molar-refractivity contribution in [3.05, 3.63) is 67.3 Å². The monoisotopic (exact) mass is 377 g/mol. The van der Waals surface area contributed by atoms with E-state index in [9.17, 15) is 42.2 Å². The first kappa shape index (κ1) is 19.0. The predicted molar refractivity (Wildman–Crippen MR) is 79.1 cm³/mol. The summed E-state index contributed by atoms with van der Waals surface area (Å²) in [7, 11) is 0. The molecule has 0 aromatic heterocycles. The van der Waals surface area contributed by atoms with E-state index in [0.29, 0.717) is 6.07 Å². The number of nitrogens with one attached hydrogen (secondary N) is 1. The van der Waals surface area contributed by atoms with E-state index in [1.165, 1.54) is 0 Å². The number of benzene rings is 2. The van der Waals surface area contributed by atoms with Crippen LogP contribution in [-0.2, 0) is 6.18 Å². The summed E-state index contributed by atoms with van der Waals surface area (Å²) in [5.74, 6) is -2.23. The van der Waals surface area contributed by atoms with E-state index >= 15 is 0 Å². The van der Waals surface area contributed by atoms with Gasteiger partial charge in [-0.1, -0.05) is 0 Å². The molecule has 0 saturated carbocycles. The van der Waals surface area contributed by atoms with Crippen molar-refractivity contribution in [1.82, 2.24) is 0 Å². The summed E-state index contributed by atoms with van der Waals surface area (Å²) in [4.78, 5) is 19.3. The van der Waals surface area contributed by atoms with Crippen LogP contribution in [0.4, 0.5) is 44.7 Å². The van der Waals surface area contributed by atoms with Crippen LogP contribution < -0.4 is 5.32 Å². The zero-order valence-electron chi connectivity index (χ0n) is 12.7. The van der Waals surface area contributed by atoms with Crippen molar-refractivity contribution in [1.29, 1.82) is 0 Å². The normalized spacial score (nSPS) is 11.3. The molecule has 26 heavy (non-hydrogen) atoms. The van der Waals surface area contributed by atoms with E-state index in [1.54, 1.807) is 0 Å². The third-order valence-corrected chi connectivity index (χ3v) is 3.40. The quantitative estimate of drug-likeness (QED) is 0.466. The number of rotatable bonds is 4. The molecule has 0 aliphatic rings. The lowest BCUT2D eigenvalue weighted by molar-refractivity contribution is -0.394. The predicted octanol–water partition coefficient (Wildman–Crippen LogP) is 4.85. The largest absolute Gasteiger partial charge is 0.418 e. The van der Waals surface area contributed by atoms with Crippen molar-refractivity contribution in [3.63, 3.8) is 0 Å². The second kappa shape index (κ2) is 6.54. The molecule has 1 N–H and O–H groups in total. The molecule has 0 aliphatic carbocycles. The lowest BCUT2D eigenvalue weighted by Crippen LogP contribution is -2.12. The van der Waals surface area contributed by atoms with Crippen LogP contribution in [0.15, 0.2) is 24.3 Å². The fraction of sp³-hybridized carbons (Fsp3) is 0.143. The van der Waals surface area contributed by atoms with E-state index in [2.05, 4.69) is 0 Å². The Bertz CT molecular complexity index is 914. The van der Waals surface area contributed by atoms with Gasteiger partial charge in [0.05, 0.1) is 27.2 Å². The molecule has 0 unspecified atom stereocenters. The molecule has 0 bridgehead atoms. The third kappa shape index (κ3) is 3.53. The molecule has 0 radical (unpaired) electrons. The Morgan fingerprint density at radius 2 is 1.65 bits per heavy atom. The Hall–Kier alpha value is -3.31. The molecule has 0 fully saturated rings. The molecular weight excluding hydrogens is 369 g/mol. The van der Waals surface area contributed by atoms with Crippen LogP contribution in [0.5, 0.6) is 0 Å². The minimum atomic E-state index is -5.22. The number of halogens is 5. The summed E-state index contributed by atoms with van der Waals surface area (Å²) >= 11 is 0. The maximum absolute atomic E-state index is 14.1. The Morgan fingerprint density at radius 3 is 2.15 bits per heavy atom. The number of non-ortho nitro benzene ring substituents is 1. The highest BCUT2D eigenvalue weighted by atomic mass is 19.4. The fourth-order valence-corrected chi connectivity index (χ4v) is 2.11. The van der Waals surface area contributed by atoms with Gasteiger partial charge in [-0.3, -0.25) is 20.2 Å². The molecular formula is C14H8F5N3O4. The molecule has 0 spiro atoms. The number of anilines is 2. The Kier molecular flexibility index (Phi) is 4.78. The van der Waals surface area contributed by atoms with Gasteiger partial charge in [0, 0.05) is 11.6 Å². The van der Waals surface area contributed by atoms with Crippen LogP contribution >= 0.6 is 0 Å². The van der Waals surface area contributed by atoms with E-state index in [0.717, 1.165) is 19.1 Å². The first-order valence-electron chi connectivity index (χ1n) is 6.69. The van der Waals surface area contributed by atoms with Crippen molar-refractivity contribution in [3.8, 4) is 0 Å². The van der Waals surface area contributed by atoms with Crippen molar-refractivity contribution in [2.24, 2.45) is 0 Å². The highest BCUT2D eigenvalue weighted by Crippen LogP contribution is 2.44. The van der Waals surface area contributed by atoms with Crippen LogP contribution in [0.3, 0.4) is 0 Å². The number of hydrogen-bond acceptors (Lipinski definition) is 5.